The SMILES string of the molecule is c1cc(NC2CCOC3(CCCC3)C2)cs1. The smallest absolute Gasteiger partial charge is 0.0702 e. The highest BCUT2D eigenvalue weighted by molar-refractivity contribution is 7.08. The van der Waals surface area contributed by atoms with E-state index in [4.69, 9.17) is 4.74 Å². The number of hydrogen-bond donors (Lipinski definition) is 1. The van der Waals surface area contributed by atoms with Gasteiger partial charge in [0.15, 0.2) is 0 Å². The molecule has 1 aromatic rings. The standard InChI is InChI=1S/C13H19NOS/c1-2-6-13(5-1)9-11(3-7-15-13)14-12-4-8-16-10-12/h4,8,10-11,14H,1-3,5-7,9H2. The van der Waals surface area contributed by atoms with E-state index in [1.165, 1.54) is 37.8 Å². The highest BCUT2D eigenvalue weighted by Crippen LogP contribution is 2.40. The highest BCUT2D eigenvalue weighted by Gasteiger charge is 2.39. The van der Waals surface area contributed by atoms with E-state index in [9.17, 15) is 0 Å². The van der Waals surface area contributed by atoms with E-state index in [1.54, 1.807) is 11.3 Å². The summed E-state index contributed by atoms with van der Waals surface area (Å²) < 4.78 is 6.04. The van der Waals surface area contributed by atoms with Gasteiger partial charge in [-0.25, -0.2) is 0 Å². The molecular weight excluding hydrogens is 218 g/mol. The van der Waals surface area contributed by atoms with Gasteiger partial charge in [-0.3, -0.25) is 0 Å². The van der Waals surface area contributed by atoms with Gasteiger partial charge in [0.05, 0.1) is 5.60 Å². The average Bonchev–Trinajstić information content (AvgIpc) is 2.91. The van der Waals surface area contributed by atoms with Crippen LogP contribution in [0.1, 0.15) is 38.5 Å². The van der Waals surface area contributed by atoms with Gasteiger partial charge < -0.3 is 10.1 Å². The van der Waals surface area contributed by atoms with Crippen LogP contribution in [0.3, 0.4) is 0 Å². The molecule has 1 spiro atoms. The van der Waals surface area contributed by atoms with E-state index in [-0.39, 0.29) is 5.60 Å². The average molecular weight is 237 g/mol. The first-order valence-corrected chi connectivity index (χ1v) is 7.23. The van der Waals surface area contributed by atoms with Crippen molar-refractivity contribution in [1.29, 1.82) is 0 Å². The third-order valence-electron chi connectivity index (χ3n) is 3.90. The predicted molar refractivity (Wildman–Crippen MR) is 68.1 cm³/mol. The van der Waals surface area contributed by atoms with Crippen LogP contribution in [0.2, 0.25) is 0 Å². The van der Waals surface area contributed by atoms with Crippen molar-refractivity contribution in [3.8, 4) is 0 Å². The molecule has 88 valence electrons. The summed E-state index contributed by atoms with van der Waals surface area (Å²) in [5.74, 6) is 0. The van der Waals surface area contributed by atoms with Gasteiger partial charge in [0, 0.05) is 23.7 Å². The number of anilines is 1. The molecule has 0 bridgehead atoms. The second-order valence-electron chi connectivity index (χ2n) is 5.08. The summed E-state index contributed by atoms with van der Waals surface area (Å²) in [7, 11) is 0. The largest absolute Gasteiger partial charge is 0.381 e. The summed E-state index contributed by atoms with van der Waals surface area (Å²) in [6.45, 7) is 0.932. The van der Waals surface area contributed by atoms with E-state index < -0.39 is 0 Å². The zero-order chi connectivity index (χ0) is 10.8. The zero-order valence-electron chi connectivity index (χ0n) is 9.58. The summed E-state index contributed by atoms with van der Waals surface area (Å²) in [6.07, 6.45) is 7.60. The Hall–Kier alpha value is -0.540. The molecule has 1 aliphatic carbocycles. The van der Waals surface area contributed by atoms with E-state index in [0.717, 1.165) is 13.0 Å². The molecule has 2 fully saturated rings. The summed E-state index contributed by atoms with van der Waals surface area (Å²) >= 11 is 1.76. The molecular formula is C13H19NOS. The van der Waals surface area contributed by atoms with Crippen LogP contribution >= 0.6 is 11.3 Å². The Bertz CT molecular complexity index is 330. The minimum atomic E-state index is 0.228. The van der Waals surface area contributed by atoms with Crippen LogP contribution in [0, 0.1) is 0 Å². The van der Waals surface area contributed by atoms with Gasteiger partial charge in [-0.2, -0.15) is 11.3 Å². The molecule has 0 radical (unpaired) electrons. The maximum absolute atomic E-state index is 6.04. The molecule has 1 aromatic heterocycles. The molecule has 1 aliphatic heterocycles. The molecule has 1 saturated heterocycles. The molecule has 2 heterocycles. The Morgan fingerprint density at radius 1 is 1.38 bits per heavy atom. The van der Waals surface area contributed by atoms with Crippen molar-refractivity contribution in [2.45, 2.75) is 50.2 Å². The van der Waals surface area contributed by atoms with Crippen LogP contribution in [0.25, 0.3) is 0 Å². The van der Waals surface area contributed by atoms with Crippen LogP contribution in [0.5, 0.6) is 0 Å². The summed E-state index contributed by atoms with van der Waals surface area (Å²) in [5.41, 5.74) is 1.51. The first-order chi connectivity index (χ1) is 7.86. The molecule has 3 heteroatoms. The second kappa shape index (κ2) is 4.38. The number of ether oxygens (including phenoxy) is 1. The topological polar surface area (TPSA) is 21.3 Å². The molecule has 2 nitrogen and oxygen atoms in total. The van der Waals surface area contributed by atoms with Gasteiger partial charge in [-0.05, 0) is 37.1 Å². The lowest BCUT2D eigenvalue weighted by atomic mass is 9.89. The predicted octanol–water partition coefficient (Wildman–Crippen LogP) is 3.65. The lowest BCUT2D eigenvalue weighted by molar-refractivity contribution is -0.0767. The molecule has 16 heavy (non-hydrogen) atoms. The second-order valence-corrected chi connectivity index (χ2v) is 5.86. The lowest BCUT2D eigenvalue weighted by Crippen LogP contribution is -2.42. The van der Waals surface area contributed by atoms with E-state index in [2.05, 4.69) is 22.1 Å². The van der Waals surface area contributed by atoms with Crippen molar-refractivity contribution in [3.05, 3.63) is 16.8 Å². The zero-order valence-corrected chi connectivity index (χ0v) is 10.4. The Morgan fingerprint density at radius 3 is 3.00 bits per heavy atom. The maximum atomic E-state index is 6.04. The third kappa shape index (κ3) is 2.11. The lowest BCUT2D eigenvalue weighted by Gasteiger charge is -2.38. The monoisotopic (exact) mass is 237 g/mol. The number of hydrogen-bond acceptors (Lipinski definition) is 3. The van der Waals surface area contributed by atoms with Crippen molar-refractivity contribution in [1.82, 2.24) is 0 Å². The molecule has 0 amide bonds. The fraction of sp³-hybridized carbons (Fsp3) is 0.692. The Morgan fingerprint density at radius 2 is 2.25 bits per heavy atom. The van der Waals surface area contributed by atoms with E-state index in [0.29, 0.717) is 6.04 Å². The van der Waals surface area contributed by atoms with Crippen LogP contribution < -0.4 is 5.32 Å². The van der Waals surface area contributed by atoms with Crippen molar-refractivity contribution in [3.63, 3.8) is 0 Å². The Kier molecular flexibility index (Phi) is 2.90. The van der Waals surface area contributed by atoms with Gasteiger partial charge >= 0.3 is 0 Å². The van der Waals surface area contributed by atoms with Gasteiger partial charge in [0.25, 0.3) is 0 Å². The first kappa shape index (κ1) is 10.6. The van der Waals surface area contributed by atoms with Crippen molar-refractivity contribution in [2.24, 2.45) is 0 Å². The molecule has 2 aliphatic rings. The number of nitrogens with one attached hydrogen (secondary N) is 1. The quantitative estimate of drug-likeness (QED) is 0.847. The Balaban J connectivity index is 1.63. The van der Waals surface area contributed by atoms with Gasteiger partial charge in [0.1, 0.15) is 0 Å². The molecule has 1 saturated carbocycles. The molecule has 1 atom stereocenters. The molecule has 1 N–H and O–H groups in total. The number of rotatable bonds is 2. The number of thiophene rings is 1. The van der Waals surface area contributed by atoms with Crippen molar-refractivity contribution >= 4 is 17.0 Å². The summed E-state index contributed by atoms with van der Waals surface area (Å²) in [5, 5.41) is 7.97. The van der Waals surface area contributed by atoms with Crippen LogP contribution in [0.15, 0.2) is 16.8 Å². The summed E-state index contributed by atoms with van der Waals surface area (Å²) in [6, 6.07) is 2.78. The minimum Gasteiger partial charge on any atom is -0.381 e. The van der Waals surface area contributed by atoms with Gasteiger partial charge in [-0.1, -0.05) is 12.8 Å². The third-order valence-corrected chi connectivity index (χ3v) is 4.58. The summed E-state index contributed by atoms with van der Waals surface area (Å²) in [4.78, 5) is 0. The normalized spacial score (nSPS) is 28.4. The van der Waals surface area contributed by atoms with E-state index in [1.807, 2.05) is 0 Å². The molecule has 1 unspecified atom stereocenters. The Labute approximate surface area is 101 Å². The maximum Gasteiger partial charge on any atom is 0.0702 e. The minimum absolute atomic E-state index is 0.228. The fourth-order valence-corrected chi connectivity index (χ4v) is 3.70. The van der Waals surface area contributed by atoms with Gasteiger partial charge in [0.2, 0.25) is 0 Å². The van der Waals surface area contributed by atoms with Gasteiger partial charge in [-0.15, -0.1) is 0 Å². The van der Waals surface area contributed by atoms with Crippen molar-refractivity contribution in [2.75, 3.05) is 11.9 Å². The first-order valence-electron chi connectivity index (χ1n) is 6.29. The van der Waals surface area contributed by atoms with Crippen LogP contribution in [-0.4, -0.2) is 18.2 Å². The van der Waals surface area contributed by atoms with Crippen LogP contribution in [-0.2, 0) is 4.74 Å². The molecule has 0 aromatic carbocycles. The van der Waals surface area contributed by atoms with Crippen molar-refractivity contribution < 1.29 is 4.74 Å². The highest BCUT2D eigenvalue weighted by atomic mass is 32.1. The molecule has 3 rings (SSSR count). The fourth-order valence-electron chi connectivity index (χ4n) is 3.10. The van der Waals surface area contributed by atoms with E-state index >= 15 is 0 Å². The van der Waals surface area contributed by atoms with Crippen LogP contribution in [0.4, 0.5) is 5.69 Å².